The summed E-state index contributed by atoms with van der Waals surface area (Å²) in [5, 5.41) is 12.7. The monoisotopic (exact) mass is 779 g/mol. The highest BCUT2D eigenvalue weighted by Gasteiger charge is 2.20. The highest BCUT2D eigenvalue weighted by atomic mass is 32.1. The second-order valence-electron chi connectivity index (χ2n) is 15.6. The maximum absolute atomic E-state index is 2.45. The average molecular weight is 780 g/mol. The molecule has 0 unspecified atom stereocenters. The molecule has 0 amide bonds. The molecule has 2 heteroatoms. The summed E-state index contributed by atoms with van der Waals surface area (Å²) in [6, 6.07) is 82.5. The molecule has 0 fully saturated rings. The van der Waals surface area contributed by atoms with Crippen molar-refractivity contribution in [3.63, 3.8) is 0 Å². The van der Waals surface area contributed by atoms with Crippen LogP contribution in [0.3, 0.4) is 0 Å². The lowest BCUT2D eigenvalue weighted by Gasteiger charge is -2.27. The van der Waals surface area contributed by atoms with Gasteiger partial charge in [-0.2, -0.15) is 0 Å². The third-order valence-corrected chi connectivity index (χ3v) is 13.4. The number of thiophene rings is 1. The Hall–Kier alpha value is -7.52. The molecule has 12 aromatic rings. The van der Waals surface area contributed by atoms with Crippen molar-refractivity contribution in [2.75, 3.05) is 4.90 Å². The van der Waals surface area contributed by atoms with Crippen molar-refractivity contribution in [3.05, 3.63) is 224 Å². The van der Waals surface area contributed by atoms with Crippen LogP contribution in [-0.2, 0) is 0 Å². The first kappa shape index (κ1) is 34.5. The minimum atomic E-state index is 1.11. The molecule has 0 N–H and O–H groups in total. The molecule has 0 aliphatic carbocycles. The first-order chi connectivity index (χ1) is 29.7. The summed E-state index contributed by atoms with van der Waals surface area (Å²) < 4.78 is 2.58. The Morgan fingerprint density at radius 3 is 1.62 bits per heavy atom. The summed E-state index contributed by atoms with van der Waals surface area (Å²) in [5.74, 6) is 0. The molecular weight excluding hydrogens is 743 g/mol. The zero-order valence-electron chi connectivity index (χ0n) is 32.7. The van der Waals surface area contributed by atoms with Gasteiger partial charge in [-0.3, -0.25) is 0 Å². The Labute approximate surface area is 352 Å². The Balaban J connectivity index is 1.02. The van der Waals surface area contributed by atoms with E-state index in [1.807, 2.05) is 11.3 Å². The van der Waals surface area contributed by atoms with Crippen LogP contribution in [0.1, 0.15) is 0 Å². The van der Waals surface area contributed by atoms with E-state index >= 15 is 0 Å². The summed E-state index contributed by atoms with van der Waals surface area (Å²) >= 11 is 1.88. The number of nitrogens with zero attached hydrogens (tertiary/aromatic N) is 1. The summed E-state index contributed by atoms with van der Waals surface area (Å²) in [4.78, 5) is 2.45. The molecule has 1 aromatic heterocycles. The lowest BCUT2D eigenvalue weighted by molar-refractivity contribution is 1.30. The topological polar surface area (TPSA) is 3.24 Å². The van der Waals surface area contributed by atoms with Crippen molar-refractivity contribution in [2.45, 2.75) is 0 Å². The SMILES string of the molecule is c1ccc(-c2cccc3c2sc2cccc(N(c4ccc(-c5ccc6ccc7ccccc7c6c5)cc4)c4ccc(-c5cc6ccccc6c6ccccc56)cc4)c23)cc1. The summed E-state index contributed by atoms with van der Waals surface area (Å²) in [5.41, 5.74) is 10.7. The maximum Gasteiger partial charge on any atom is 0.0554 e. The van der Waals surface area contributed by atoms with E-state index in [9.17, 15) is 0 Å². The van der Waals surface area contributed by atoms with E-state index in [4.69, 9.17) is 0 Å². The fourth-order valence-electron chi connectivity index (χ4n) is 9.36. The fraction of sp³-hybridized carbons (Fsp3) is 0. The van der Waals surface area contributed by atoms with E-state index in [1.54, 1.807) is 0 Å². The first-order valence-electron chi connectivity index (χ1n) is 20.6. The molecule has 0 atom stereocenters. The Morgan fingerprint density at radius 1 is 0.300 bits per heavy atom. The van der Waals surface area contributed by atoms with Crippen LogP contribution in [-0.4, -0.2) is 0 Å². The third-order valence-electron chi connectivity index (χ3n) is 12.2. The quantitative estimate of drug-likeness (QED) is 0.152. The highest BCUT2D eigenvalue weighted by molar-refractivity contribution is 7.26. The number of benzene rings is 11. The van der Waals surface area contributed by atoms with Gasteiger partial charge in [-0.15, -0.1) is 11.3 Å². The van der Waals surface area contributed by atoms with Crippen LogP contribution in [0.4, 0.5) is 17.1 Å². The molecule has 0 aliphatic heterocycles. The number of hydrogen-bond donors (Lipinski definition) is 0. The first-order valence-corrected chi connectivity index (χ1v) is 21.4. The molecule has 12 rings (SSSR count). The summed E-state index contributed by atoms with van der Waals surface area (Å²) in [6.07, 6.45) is 0. The maximum atomic E-state index is 2.45. The number of fused-ring (bicyclic) bond motifs is 9. The van der Waals surface area contributed by atoms with Crippen LogP contribution in [0.2, 0.25) is 0 Å². The van der Waals surface area contributed by atoms with Gasteiger partial charge in [0.1, 0.15) is 0 Å². The fourth-order valence-corrected chi connectivity index (χ4v) is 10.6. The van der Waals surface area contributed by atoms with Gasteiger partial charge >= 0.3 is 0 Å². The molecule has 0 bridgehead atoms. The Morgan fingerprint density at radius 2 is 0.850 bits per heavy atom. The molecule has 1 nitrogen and oxygen atoms in total. The number of anilines is 3. The number of hydrogen-bond acceptors (Lipinski definition) is 2. The average Bonchev–Trinajstić information content (AvgIpc) is 3.72. The molecule has 60 heavy (non-hydrogen) atoms. The van der Waals surface area contributed by atoms with Crippen molar-refractivity contribution in [3.8, 4) is 33.4 Å². The van der Waals surface area contributed by atoms with Crippen molar-refractivity contribution in [1.82, 2.24) is 0 Å². The van der Waals surface area contributed by atoms with Gasteiger partial charge in [-0.1, -0.05) is 176 Å². The standard InChI is InChI=1S/C58H37NS/c1-2-12-39(13-3-1)49-20-10-21-52-57-55(22-11-23-56(57)60-58(49)52)59(45-32-28-38(29-33-45)43-27-26-41-25-24-40-14-4-6-16-47(40)53(41)36-43)46-34-30-42(31-35-46)54-37-44-15-5-7-17-48(44)50-18-8-9-19-51(50)54/h1-37H. The van der Waals surface area contributed by atoms with Gasteiger partial charge in [0.05, 0.1) is 5.69 Å². The molecule has 1 heterocycles. The zero-order chi connectivity index (χ0) is 39.6. The van der Waals surface area contributed by atoms with Crippen molar-refractivity contribution in [1.29, 1.82) is 0 Å². The summed E-state index contributed by atoms with van der Waals surface area (Å²) in [7, 11) is 0. The van der Waals surface area contributed by atoms with Gasteiger partial charge in [-0.25, -0.2) is 0 Å². The van der Waals surface area contributed by atoms with Crippen molar-refractivity contribution >= 4 is 91.7 Å². The predicted octanol–water partition coefficient (Wildman–Crippen LogP) is 17.1. The zero-order valence-corrected chi connectivity index (χ0v) is 33.5. The van der Waals surface area contributed by atoms with Crippen LogP contribution in [0.15, 0.2) is 224 Å². The second-order valence-corrected chi connectivity index (χ2v) is 16.7. The van der Waals surface area contributed by atoms with Crippen LogP contribution in [0, 0.1) is 0 Å². The van der Waals surface area contributed by atoms with E-state index in [-0.39, 0.29) is 0 Å². The minimum Gasteiger partial charge on any atom is -0.310 e. The van der Waals surface area contributed by atoms with Crippen molar-refractivity contribution < 1.29 is 0 Å². The van der Waals surface area contributed by atoms with Gasteiger partial charge < -0.3 is 4.90 Å². The molecule has 0 radical (unpaired) electrons. The smallest absolute Gasteiger partial charge is 0.0554 e. The minimum absolute atomic E-state index is 1.11. The highest BCUT2D eigenvalue weighted by Crippen LogP contribution is 2.48. The Bertz CT molecular complexity index is 3580. The van der Waals surface area contributed by atoms with Crippen LogP contribution in [0.25, 0.3) is 96.6 Å². The van der Waals surface area contributed by atoms with Crippen molar-refractivity contribution in [2.24, 2.45) is 0 Å². The predicted molar refractivity (Wildman–Crippen MR) is 260 cm³/mol. The van der Waals surface area contributed by atoms with E-state index < -0.39 is 0 Å². The van der Waals surface area contributed by atoms with Gasteiger partial charge in [0.2, 0.25) is 0 Å². The molecule has 0 saturated carbocycles. The van der Waals surface area contributed by atoms with Gasteiger partial charge in [0, 0.05) is 31.5 Å². The van der Waals surface area contributed by atoms with Gasteiger partial charge in [0.25, 0.3) is 0 Å². The molecule has 11 aromatic carbocycles. The van der Waals surface area contributed by atoms with E-state index in [0.717, 1.165) is 17.1 Å². The molecular formula is C58H37NS. The molecule has 0 aliphatic rings. The van der Waals surface area contributed by atoms with E-state index in [2.05, 4.69) is 229 Å². The van der Waals surface area contributed by atoms with E-state index in [1.165, 1.54) is 96.6 Å². The van der Waals surface area contributed by atoms with Crippen LogP contribution < -0.4 is 4.90 Å². The van der Waals surface area contributed by atoms with Crippen LogP contribution >= 0.6 is 11.3 Å². The Kier molecular flexibility index (Phi) is 8.11. The second kappa shape index (κ2) is 14.1. The third kappa shape index (κ3) is 5.68. The normalized spacial score (nSPS) is 11.7. The summed E-state index contributed by atoms with van der Waals surface area (Å²) in [6.45, 7) is 0. The molecule has 0 spiro atoms. The van der Waals surface area contributed by atoms with Crippen LogP contribution in [0.5, 0.6) is 0 Å². The number of rotatable bonds is 6. The lowest BCUT2D eigenvalue weighted by atomic mass is 9.93. The van der Waals surface area contributed by atoms with Gasteiger partial charge in [-0.05, 0) is 125 Å². The van der Waals surface area contributed by atoms with Gasteiger partial charge in [0.15, 0.2) is 0 Å². The lowest BCUT2D eigenvalue weighted by Crippen LogP contribution is -2.10. The molecule has 280 valence electrons. The van der Waals surface area contributed by atoms with E-state index in [0.29, 0.717) is 0 Å². The molecule has 0 saturated heterocycles. The largest absolute Gasteiger partial charge is 0.310 e.